The van der Waals surface area contributed by atoms with Crippen LogP contribution in [0.2, 0.25) is 0 Å². The van der Waals surface area contributed by atoms with E-state index >= 15 is 4.39 Å². The van der Waals surface area contributed by atoms with E-state index in [4.69, 9.17) is 30.4 Å². The van der Waals surface area contributed by atoms with Gasteiger partial charge in [-0.05, 0) is 48.2 Å². The van der Waals surface area contributed by atoms with E-state index in [1.807, 2.05) is 52.1 Å². The number of benzene rings is 2. The van der Waals surface area contributed by atoms with Crippen molar-refractivity contribution in [3.8, 4) is 11.1 Å². The fourth-order valence-electron chi connectivity index (χ4n) is 6.73. The number of nitrogens with one attached hydrogen (secondary N) is 3. The smallest absolute Gasteiger partial charge is 0.239 e. The Morgan fingerprint density at radius 1 is 0.727 bits per heavy atom. The maximum atomic E-state index is 15.1. The summed E-state index contributed by atoms with van der Waals surface area (Å²) < 4.78 is 53.4. The van der Waals surface area contributed by atoms with Gasteiger partial charge in [-0.3, -0.25) is 19.2 Å². The van der Waals surface area contributed by atoms with Gasteiger partial charge >= 0.3 is 0 Å². The largest absolute Gasteiger partial charge is 0.379 e. The standard InChI is InChI=1S/C47H71F2N7O8S2/c1-47(2,3)46(41-30-37(39-31-38(48)10-11-40(39)49)34-55(41)33-36-8-5-4-6-9-36)56(18-7-14-50)45(60)35-66-29-17-53-42(57)12-19-61-21-23-63-25-26-64-24-22-62-20-16-52-44(59)32-54-43(58)13-27-65-28-15-51/h4-6,8-11,30-31,34,46H,7,12-29,32-33,35,50-51H2,1-3H3,(H,52,59)(H,53,57)(H,54,58)/t46-/m0/s1. The predicted octanol–water partition coefficient (Wildman–Crippen LogP) is 4.37. The second-order valence-electron chi connectivity index (χ2n) is 16.3. The molecule has 0 aliphatic heterocycles. The van der Waals surface area contributed by atoms with Gasteiger partial charge in [0.25, 0.3) is 0 Å². The summed E-state index contributed by atoms with van der Waals surface area (Å²) in [6.45, 7) is 11.4. The fraction of sp³-hybridized carbons (Fsp3) is 0.574. The molecule has 0 aliphatic rings. The van der Waals surface area contributed by atoms with E-state index in [-0.39, 0.29) is 54.5 Å². The highest BCUT2D eigenvalue weighted by Crippen LogP contribution is 2.41. The lowest BCUT2D eigenvalue weighted by Gasteiger charge is -2.41. The molecule has 1 heterocycles. The number of hydrogen-bond acceptors (Lipinski definition) is 12. The van der Waals surface area contributed by atoms with Crippen LogP contribution in [0, 0.1) is 17.0 Å². The number of carbonyl (C=O) groups excluding carboxylic acids is 4. The van der Waals surface area contributed by atoms with Gasteiger partial charge in [0.15, 0.2) is 0 Å². The monoisotopic (exact) mass is 963 g/mol. The minimum Gasteiger partial charge on any atom is -0.379 e. The SMILES string of the molecule is CC(C)(C)[C@H](c1cc(-c2cc(F)ccc2F)cn1Cc1ccccc1)N(CCCN)C(=O)CSCCNC(=O)CCOCCOCCOCCOCCNC(=O)CNC(=O)CCSCCN. The molecule has 19 heteroatoms. The van der Waals surface area contributed by atoms with Gasteiger partial charge < -0.3 is 55.8 Å². The van der Waals surface area contributed by atoms with Crippen LogP contribution in [0.25, 0.3) is 11.1 Å². The molecule has 3 rings (SSSR count). The van der Waals surface area contributed by atoms with Gasteiger partial charge in [-0.1, -0.05) is 51.1 Å². The maximum Gasteiger partial charge on any atom is 0.239 e. The summed E-state index contributed by atoms with van der Waals surface area (Å²) in [6, 6.07) is 14.7. The third kappa shape index (κ3) is 22.6. The molecule has 2 aromatic carbocycles. The second kappa shape index (κ2) is 32.6. The van der Waals surface area contributed by atoms with E-state index in [0.717, 1.165) is 29.1 Å². The lowest BCUT2D eigenvalue weighted by atomic mass is 9.83. The summed E-state index contributed by atoms with van der Waals surface area (Å²) in [6.07, 6.45) is 2.94. The van der Waals surface area contributed by atoms with Gasteiger partial charge in [-0.15, -0.1) is 0 Å². The molecule has 0 unspecified atom stereocenters. The van der Waals surface area contributed by atoms with Gasteiger partial charge in [0.2, 0.25) is 23.6 Å². The minimum absolute atomic E-state index is 0.0720. The Bertz CT molecular complexity index is 1870. The normalized spacial score (nSPS) is 11.9. The van der Waals surface area contributed by atoms with Crippen molar-refractivity contribution in [2.24, 2.45) is 16.9 Å². The molecule has 0 aliphatic carbocycles. The molecule has 1 aromatic heterocycles. The van der Waals surface area contributed by atoms with Crippen LogP contribution in [0.3, 0.4) is 0 Å². The Morgan fingerprint density at radius 2 is 1.38 bits per heavy atom. The van der Waals surface area contributed by atoms with Crippen LogP contribution in [0.5, 0.6) is 0 Å². The molecule has 15 nitrogen and oxygen atoms in total. The summed E-state index contributed by atoms with van der Waals surface area (Å²) in [5.74, 6) is 0.415. The van der Waals surface area contributed by atoms with Crippen LogP contribution in [0.1, 0.15) is 57.3 Å². The van der Waals surface area contributed by atoms with E-state index in [2.05, 4.69) is 36.7 Å². The van der Waals surface area contributed by atoms with E-state index in [0.29, 0.717) is 115 Å². The van der Waals surface area contributed by atoms with Gasteiger partial charge in [0.05, 0.1) is 71.2 Å². The zero-order chi connectivity index (χ0) is 48.0. The maximum absolute atomic E-state index is 15.1. The van der Waals surface area contributed by atoms with Crippen molar-refractivity contribution in [3.63, 3.8) is 0 Å². The molecular formula is C47H71F2N7O8S2. The van der Waals surface area contributed by atoms with Crippen LogP contribution < -0.4 is 27.4 Å². The topological polar surface area (TPSA) is 202 Å². The van der Waals surface area contributed by atoms with Crippen molar-refractivity contribution in [3.05, 3.63) is 83.7 Å². The molecular weight excluding hydrogens is 893 g/mol. The third-order valence-electron chi connectivity index (χ3n) is 9.83. The van der Waals surface area contributed by atoms with Crippen LogP contribution in [-0.2, 0) is 44.7 Å². The first-order valence-electron chi connectivity index (χ1n) is 22.5. The molecule has 0 saturated heterocycles. The average molecular weight is 964 g/mol. The first kappa shape index (κ1) is 56.2. The number of nitrogens with zero attached hydrogens (tertiary/aromatic N) is 2. The number of aromatic nitrogens is 1. The van der Waals surface area contributed by atoms with Crippen LogP contribution >= 0.6 is 23.5 Å². The van der Waals surface area contributed by atoms with Crippen molar-refractivity contribution in [2.45, 2.75) is 52.6 Å². The molecule has 7 N–H and O–H groups in total. The Morgan fingerprint density at radius 3 is 2.05 bits per heavy atom. The highest BCUT2D eigenvalue weighted by Gasteiger charge is 2.37. The lowest BCUT2D eigenvalue weighted by Crippen LogP contribution is -2.44. The summed E-state index contributed by atoms with van der Waals surface area (Å²) in [5.41, 5.74) is 13.4. The molecule has 0 bridgehead atoms. The van der Waals surface area contributed by atoms with Crippen molar-refractivity contribution in [2.75, 3.05) is 115 Å². The average Bonchev–Trinajstić information content (AvgIpc) is 3.69. The van der Waals surface area contributed by atoms with E-state index in [1.54, 1.807) is 11.8 Å². The van der Waals surface area contributed by atoms with Gasteiger partial charge in [-0.25, -0.2) is 8.78 Å². The van der Waals surface area contributed by atoms with E-state index in [1.165, 1.54) is 17.8 Å². The molecule has 368 valence electrons. The van der Waals surface area contributed by atoms with E-state index in [9.17, 15) is 23.6 Å². The summed E-state index contributed by atoms with van der Waals surface area (Å²) in [5, 5.41) is 8.15. The Kier molecular flexibility index (Phi) is 27.8. The zero-order valence-electron chi connectivity index (χ0n) is 38.8. The van der Waals surface area contributed by atoms with Gasteiger partial charge in [0.1, 0.15) is 11.6 Å². The summed E-state index contributed by atoms with van der Waals surface area (Å²) >= 11 is 3.03. The molecule has 1 atom stereocenters. The van der Waals surface area contributed by atoms with Gasteiger partial charge in [0, 0.05) is 85.8 Å². The van der Waals surface area contributed by atoms with Gasteiger partial charge in [-0.2, -0.15) is 23.5 Å². The number of ether oxygens (including phenoxy) is 4. The lowest BCUT2D eigenvalue weighted by molar-refractivity contribution is -0.133. The highest BCUT2D eigenvalue weighted by molar-refractivity contribution is 8.00. The van der Waals surface area contributed by atoms with Crippen molar-refractivity contribution in [1.82, 2.24) is 25.4 Å². The molecule has 0 fully saturated rings. The number of halogens is 2. The Labute approximate surface area is 397 Å². The Hall–Kier alpha value is -4.08. The number of nitrogens with two attached hydrogens (primary N) is 2. The Balaban J connectivity index is 1.31. The summed E-state index contributed by atoms with van der Waals surface area (Å²) in [4.78, 5) is 51.9. The van der Waals surface area contributed by atoms with Crippen LogP contribution in [-0.4, -0.2) is 148 Å². The van der Waals surface area contributed by atoms with Crippen molar-refractivity contribution in [1.29, 1.82) is 0 Å². The fourth-order valence-corrected chi connectivity index (χ4v) is 8.17. The highest BCUT2D eigenvalue weighted by atomic mass is 32.2. The predicted molar refractivity (Wildman–Crippen MR) is 258 cm³/mol. The first-order valence-corrected chi connectivity index (χ1v) is 24.8. The number of rotatable bonds is 35. The quantitative estimate of drug-likeness (QED) is 0.0523. The number of amides is 4. The molecule has 0 saturated carbocycles. The van der Waals surface area contributed by atoms with Crippen molar-refractivity contribution >= 4 is 47.2 Å². The second-order valence-corrected chi connectivity index (χ2v) is 18.6. The third-order valence-corrected chi connectivity index (χ3v) is 11.8. The molecule has 0 spiro atoms. The molecule has 0 radical (unpaired) electrons. The molecule has 3 aromatic rings. The minimum atomic E-state index is -0.539. The number of hydrogen-bond donors (Lipinski definition) is 5. The summed E-state index contributed by atoms with van der Waals surface area (Å²) in [7, 11) is 0. The molecule has 4 amide bonds. The number of carbonyl (C=O) groups is 4. The molecule has 66 heavy (non-hydrogen) atoms. The zero-order valence-corrected chi connectivity index (χ0v) is 40.4. The first-order chi connectivity index (χ1) is 31.8. The number of thioether (sulfide) groups is 2. The van der Waals surface area contributed by atoms with Crippen LogP contribution in [0.4, 0.5) is 8.78 Å². The van der Waals surface area contributed by atoms with E-state index < -0.39 is 23.1 Å². The van der Waals surface area contributed by atoms with Crippen molar-refractivity contribution < 1.29 is 46.9 Å². The van der Waals surface area contributed by atoms with Crippen LogP contribution in [0.15, 0.2) is 60.8 Å².